The molecule has 3 rings (SSSR count). The zero-order valence-electron chi connectivity index (χ0n) is 12.7. The van der Waals surface area contributed by atoms with Gasteiger partial charge in [-0.05, 0) is 23.3 Å². The van der Waals surface area contributed by atoms with Gasteiger partial charge in [-0.2, -0.15) is 0 Å². The minimum Gasteiger partial charge on any atom is -0.497 e. The average molecular weight is 297 g/mol. The van der Waals surface area contributed by atoms with E-state index in [0.29, 0.717) is 6.42 Å². The van der Waals surface area contributed by atoms with Crippen molar-refractivity contribution < 1.29 is 14.3 Å². The number of methoxy groups -OCH3 is 2. The van der Waals surface area contributed by atoms with Crippen molar-refractivity contribution in [3.05, 3.63) is 65.7 Å². The lowest BCUT2D eigenvalue weighted by atomic mass is 9.83. The van der Waals surface area contributed by atoms with E-state index in [1.54, 1.807) is 14.2 Å². The van der Waals surface area contributed by atoms with E-state index in [1.165, 1.54) is 0 Å². The topological polar surface area (TPSA) is 47.6 Å². The molecule has 1 aliphatic rings. The van der Waals surface area contributed by atoms with Crippen LogP contribution in [0.1, 0.15) is 23.6 Å². The van der Waals surface area contributed by atoms with Gasteiger partial charge in [0.1, 0.15) is 11.4 Å². The number of carbonyl (C=O) groups excluding carboxylic acids is 1. The van der Waals surface area contributed by atoms with Crippen LogP contribution in [0.4, 0.5) is 0 Å². The second-order valence-electron chi connectivity index (χ2n) is 5.41. The second-order valence-corrected chi connectivity index (χ2v) is 5.41. The van der Waals surface area contributed by atoms with Crippen molar-refractivity contribution >= 4 is 5.91 Å². The molecule has 22 heavy (non-hydrogen) atoms. The Labute approximate surface area is 130 Å². The first-order valence-electron chi connectivity index (χ1n) is 7.23. The maximum Gasteiger partial charge on any atom is 0.223 e. The van der Waals surface area contributed by atoms with Crippen LogP contribution >= 0.6 is 0 Å². The van der Waals surface area contributed by atoms with Gasteiger partial charge in [0.25, 0.3) is 0 Å². The van der Waals surface area contributed by atoms with E-state index >= 15 is 0 Å². The van der Waals surface area contributed by atoms with Crippen LogP contribution in [-0.4, -0.2) is 20.1 Å². The minimum atomic E-state index is -0.688. The molecule has 1 heterocycles. The Morgan fingerprint density at radius 2 is 1.73 bits per heavy atom. The first-order valence-corrected chi connectivity index (χ1v) is 7.23. The number of hydrogen-bond acceptors (Lipinski definition) is 3. The largest absolute Gasteiger partial charge is 0.497 e. The zero-order valence-corrected chi connectivity index (χ0v) is 12.7. The van der Waals surface area contributed by atoms with E-state index in [4.69, 9.17) is 9.47 Å². The molecular weight excluding hydrogens is 278 g/mol. The van der Waals surface area contributed by atoms with Gasteiger partial charge in [0.05, 0.1) is 19.6 Å². The number of benzene rings is 2. The molecule has 0 aliphatic carbocycles. The van der Waals surface area contributed by atoms with Crippen molar-refractivity contribution in [1.29, 1.82) is 0 Å². The Kier molecular flexibility index (Phi) is 3.86. The molecule has 114 valence electrons. The summed E-state index contributed by atoms with van der Waals surface area (Å²) in [5.41, 5.74) is 1.31. The molecule has 0 saturated carbocycles. The van der Waals surface area contributed by atoms with E-state index in [1.807, 2.05) is 54.6 Å². The van der Waals surface area contributed by atoms with Gasteiger partial charge >= 0.3 is 0 Å². The van der Waals surface area contributed by atoms with Gasteiger partial charge in [0.2, 0.25) is 5.91 Å². The molecule has 1 fully saturated rings. The lowest BCUT2D eigenvalue weighted by molar-refractivity contribution is -0.121. The highest BCUT2D eigenvalue weighted by molar-refractivity contribution is 5.81. The van der Waals surface area contributed by atoms with E-state index in [2.05, 4.69) is 5.32 Å². The van der Waals surface area contributed by atoms with E-state index in [-0.39, 0.29) is 11.9 Å². The van der Waals surface area contributed by atoms with Crippen molar-refractivity contribution in [2.24, 2.45) is 0 Å². The fourth-order valence-corrected chi connectivity index (χ4v) is 3.11. The summed E-state index contributed by atoms with van der Waals surface area (Å²) in [6.45, 7) is 0. The number of ether oxygens (including phenoxy) is 2. The summed E-state index contributed by atoms with van der Waals surface area (Å²) in [5, 5.41) is 3.04. The van der Waals surface area contributed by atoms with Crippen LogP contribution in [-0.2, 0) is 15.1 Å². The number of nitrogens with one attached hydrogen (secondary N) is 1. The summed E-state index contributed by atoms with van der Waals surface area (Å²) < 4.78 is 11.1. The summed E-state index contributed by atoms with van der Waals surface area (Å²) in [4.78, 5) is 12.1. The zero-order chi connectivity index (χ0) is 15.6. The minimum absolute atomic E-state index is 0.00785. The van der Waals surface area contributed by atoms with Gasteiger partial charge < -0.3 is 14.8 Å². The van der Waals surface area contributed by atoms with Gasteiger partial charge in [-0.3, -0.25) is 4.79 Å². The first-order chi connectivity index (χ1) is 10.7. The molecule has 0 bridgehead atoms. The van der Waals surface area contributed by atoms with Gasteiger partial charge in [0, 0.05) is 7.11 Å². The Morgan fingerprint density at radius 1 is 1.05 bits per heavy atom. The highest BCUT2D eigenvalue weighted by atomic mass is 16.5. The van der Waals surface area contributed by atoms with E-state index < -0.39 is 5.60 Å². The normalized spacial score (nSPS) is 24.1. The molecule has 1 amide bonds. The molecular formula is C18H19NO3. The highest BCUT2D eigenvalue weighted by Gasteiger charge is 2.49. The number of amides is 1. The maximum atomic E-state index is 12.1. The lowest BCUT2D eigenvalue weighted by Gasteiger charge is -2.33. The average Bonchev–Trinajstić information content (AvgIpc) is 2.93. The van der Waals surface area contributed by atoms with Crippen LogP contribution < -0.4 is 10.1 Å². The quantitative estimate of drug-likeness (QED) is 0.944. The van der Waals surface area contributed by atoms with Crippen LogP contribution in [0.2, 0.25) is 0 Å². The molecule has 4 heteroatoms. The third-order valence-electron chi connectivity index (χ3n) is 4.27. The first kappa shape index (κ1) is 14.6. The van der Waals surface area contributed by atoms with Gasteiger partial charge in [0.15, 0.2) is 0 Å². The molecule has 1 aliphatic heterocycles. The van der Waals surface area contributed by atoms with Crippen LogP contribution in [0.25, 0.3) is 0 Å². The Bertz CT molecular complexity index is 654. The van der Waals surface area contributed by atoms with E-state index in [9.17, 15) is 4.79 Å². The SMILES string of the molecule is COc1ccc([C@@H]2NC(=O)C[C@]2(OC)c2ccccc2)cc1. The number of hydrogen-bond donors (Lipinski definition) is 1. The molecule has 2 atom stereocenters. The molecule has 4 nitrogen and oxygen atoms in total. The summed E-state index contributed by atoms with van der Waals surface area (Å²) in [6.07, 6.45) is 0.310. The molecule has 0 aromatic heterocycles. The summed E-state index contributed by atoms with van der Waals surface area (Å²) in [5.74, 6) is 0.780. The van der Waals surface area contributed by atoms with Crippen LogP contribution in [0.15, 0.2) is 54.6 Å². The van der Waals surface area contributed by atoms with Gasteiger partial charge in [-0.1, -0.05) is 42.5 Å². The van der Waals surface area contributed by atoms with Gasteiger partial charge in [-0.25, -0.2) is 0 Å². The van der Waals surface area contributed by atoms with Crippen molar-refractivity contribution in [3.63, 3.8) is 0 Å². The van der Waals surface area contributed by atoms with Crippen LogP contribution in [0.5, 0.6) is 5.75 Å². The van der Waals surface area contributed by atoms with Crippen LogP contribution in [0.3, 0.4) is 0 Å². The Balaban J connectivity index is 2.05. The monoisotopic (exact) mass is 297 g/mol. The van der Waals surface area contributed by atoms with Gasteiger partial charge in [-0.15, -0.1) is 0 Å². The molecule has 0 radical (unpaired) electrons. The third-order valence-corrected chi connectivity index (χ3v) is 4.27. The standard InChI is InChI=1S/C18H19NO3/c1-21-15-10-8-13(9-11-15)17-18(22-2,12-16(20)19-17)14-6-4-3-5-7-14/h3-11,17H,12H2,1-2H3,(H,19,20)/t17-,18-/m0/s1. The summed E-state index contributed by atoms with van der Waals surface area (Å²) in [7, 11) is 3.29. The fourth-order valence-electron chi connectivity index (χ4n) is 3.11. The van der Waals surface area contributed by atoms with Crippen molar-refractivity contribution in [2.45, 2.75) is 18.1 Å². The maximum absolute atomic E-state index is 12.1. The number of rotatable bonds is 4. The predicted molar refractivity (Wildman–Crippen MR) is 83.6 cm³/mol. The van der Waals surface area contributed by atoms with E-state index in [0.717, 1.165) is 16.9 Å². The smallest absolute Gasteiger partial charge is 0.223 e. The molecule has 1 N–H and O–H groups in total. The van der Waals surface area contributed by atoms with Crippen LogP contribution in [0, 0.1) is 0 Å². The molecule has 0 spiro atoms. The Hall–Kier alpha value is -2.33. The molecule has 2 aromatic rings. The molecule has 2 aromatic carbocycles. The predicted octanol–water partition coefficient (Wildman–Crippen LogP) is 2.80. The van der Waals surface area contributed by atoms with Crippen molar-refractivity contribution in [2.75, 3.05) is 14.2 Å². The number of carbonyl (C=O) groups is 1. The lowest BCUT2D eigenvalue weighted by Crippen LogP contribution is -2.35. The van der Waals surface area contributed by atoms with Crippen molar-refractivity contribution in [1.82, 2.24) is 5.32 Å². The molecule has 0 unspecified atom stereocenters. The summed E-state index contributed by atoms with van der Waals surface area (Å²) in [6, 6.07) is 17.4. The van der Waals surface area contributed by atoms with Crippen molar-refractivity contribution in [3.8, 4) is 5.75 Å². The summed E-state index contributed by atoms with van der Waals surface area (Å²) >= 11 is 0. The Morgan fingerprint density at radius 3 is 2.32 bits per heavy atom. The second kappa shape index (κ2) is 5.81. The third kappa shape index (κ3) is 2.35. The fraction of sp³-hybridized carbons (Fsp3) is 0.278. The highest BCUT2D eigenvalue weighted by Crippen LogP contribution is 2.45. The molecule has 1 saturated heterocycles.